The van der Waals surface area contributed by atoms with Gasteiger partial charge in [0, 0.05) is 24.4 Å². The molecule has 2 aliphatic rings. The molecule has 92 valence electrons. The Bertz CT molecular complexity index is 525. The van der Waals surface area contributed by atoms with Gasteiger partial charge in [0.1, 0.15) is 5.76 Å². The molecule has 0 amide bonds. The summed E-state index contributed by atoms with van der Waals surface area (Å²) in [5.74, 6) is 0.435. The minimum Gasteiger partial charge on any atom is -0.508 e. The van der Waals surface area contributed by atoms with E-state index in [1.165, 1.54) is 11.3 Å². The van der Waals surface area contributed by atoms with E-state index in [1.54, 1.807) is 0 Å². The molecule has 1 N–H and O–H groups in total. The quantitative estimate of drug-likeness (QED) is 0.853. The lowest BCUT2D eigenvalue weighted by Crippen LogP contribution is -2.28. The molecule has 1 aromatic rings. The molecule has 3 rings (SSSR count). The number of nitrogens with zero attached hydrogens (tertiary/aromatic N) is 1. The maximum atomic E-state index is 9.91. The van der Waals surface area contributed by atoms with Crippen LogP contribution >= 0.6 is 0 Å². The Balaban J connectivity index is 1.86. The molecule has 1 aliphatic heterocycles. The highest BCUT2D eigenvalue weighted by molar-refractivity contribution is 5.44. The van der Waals surface area contributed by atoms with E-state index >= 15 is 0 Å². The van der Waals surface area contributed by atoms with E-state index < -0.39 is 0 Å². The first-order valence-corrected chi connectivity index (χ1v) is 6.42. The minimum atomic E-state index is 0.435. The van der Waals surface area contributed by atoms with E-state index in [4.69, 9.17) is 0 Å². The zero-order chi connectivity index (χ0) is 12.4. The molecule has 0 bridgehead atoms. The Morgan fingerprint density at radius 1 is 1.17 bits per heavy atom. The Labute approximate surface area is 108 Å². The molecule has 0 spiro atoms. The molecule has 2 nitrogen and oxygen atoms in total. The lowest BCUT2D eigenvalue weighted by atomic mass is 9.97. The van der Waals surface area contributed by atoms with Crippen LogP contribution in [0.5, 0.6) is 0 Å². The van der Waals surface area contributed by atoms with Gasteiger partial charge in [0.05, 0.1) is 0 Å². The number of aliphatic hydroxyl groups excluding tert-OH is 1. The summed E-state index contributed by atoms with van der Waals surface area (Å²) >= 11 is 0. The van der Waals surface area contributed by atoms with Gasteiger partial charge < -0.3 is 10.0 Å². The van der Waals surface area contributed by atoms with Crippen molar-refractivity contribution in [2.45, 2.75) is 19.4 Å². The highest BCUT2D eigenvalue weighted by atomic mass is 16.3. The van der Waals surface area contributed by atoms with E-state index in [0.29, 0.717) is 5.76 Å². The topological polar surface area (TPSA) is 23.5 Å². The molecule has 0 atom stereocenters. The summed E-state index contributed by atoms with van der Waals surface area (Å²) in [6, 6.07) is 10.5. The average molecular weight is 239 g/mol. The first-order chi connectivity index (χ1) is 8.84. The number of hydrogen-bond donors (Lipinski definition) is 1. The van der Waals surface area contributed by atoms with Crippen molar-refractivity contribution in [3.05, 3.63) is 71.2 Å². The maximum Gasteiger partial charge on any atom is 0.122 e. The zero-order valence-electron chi connectivity index (χ0n) is 10.3. The van der Waals surface area contributed by atoms with Crippen molar-refractivity contribution in [3.63, 3.8) is 0 Å². The van der Waals surface area contributed by atoms with E-state index in [2.05, 4.69) is 35.2 Å². The molecular formula is C16H17NO. The number of aliphatic hydroxyl groups is 1. The van der Waals surface area contributed by atoms with Crippen LogP contribution in [-0.4, -0.2) is 16.6 Å². The average Bonchev–Trinajstić information content (AvgIpc) is 2.44. The van der Waals surface area contributed by atoms with Gasteiger partial charge in [0.25, 0.3) is 0 Å². The predicted molar refractivity (Wildman–Crippen MR) is 73.0 cm³/mol. The highest BCUT2D eigenvalue weighted by Gasteiger charge is 2.21. The summed E-state index contributed by atoms with van der Waals surface area (Å²) in [6.45, 7) is 1.71. The van der Waals surface area contributed by atoms with Gasteiger partial charge in [-0.05, 0) is 24.5 Å². The van der Waals surface area contributed by atoms with Crippen molar-refractivity contribution in [1.82, 2.24) is 4.90 Å². The lowest BCUT2D eigenvalue weighted by molar-refractivity contribution is 0.323. The van der Waals surface area contributed by atoms with E-state index in [9.17, 15) is 5.11 Å². The van der Waals surface area contributed by atoms with Gasteiger partial charge in [-0.2, -0.15) is 0 Å². The van der Waals surface area contributed by atoms with Crippen molar-refractivity contribution in [1.29, 1.82) is 0 Å². The minimum absolute atomic E-state index is 0.435. The first kappa shape index (κ1) is 11.1. The van der Waals surface area contributed by atoms with Crippen LogP contribution in [-0.2, 0) is 6.54 Å². The van der Waals surface area contributed by atoms with Gasteiger partial charge >= 0.3 is 0 Å². The van der Waals surface area contributed by atoms with Gasteiger partial charge in [0.2, 0.25) is 0 Å². The second-order valence-electron chi connectivity index (χ2n) is 4.76. The third kappa shape index (κ3) is 2.06. The summed E-state index contributed by atoms with van der Waals surface area (Å²) in [6.07, 6.45) is 8.17. The maximum absolute atomic E-state index is 9.91. The molecule has 2 heteroatoms. The summed E-state index contributed by atoms with van der Waals surface area (Å²) in [5.41, 5.74) is 3.60. The van der Waals surface area contributed by atoms with Crippen LogP contribution in [0.4, 0.5) is 0 Å². The third-order valence-corrected chi connectivity index (χ3v) is 3.52. The lowest BCUT2D eigenvalue weighted by Gasteiger charge is -2.33. The molecule has 0 unspecified atom stereocenters. The fourth-order valence-electron chi connectivity index (χ4n) is 2.59. The number of hydrogen-bond acceptors (Lipinski definition) is 2. The van der Waals surface area contributed by atoms with Crippen LogP contribution in [0.25, 0.3) is 0 Å². The van der Waals surface area contributed by atoms with Crippen molar-refractivity contribution >= 4 is 0 Å². The van der Waals surface area contributed by atoms with Crippen molar-refractivity contribution in [3.8, 4) is 0 Å². The SMILES string of the molecule is OC1=CCN(Cc2ccccc2)C2=C1C=CCC2. The van der Waals surface area contributed by atoms with Crippen molar-refractivity contribution < 1.29 is 5.11 Å². The van der Waals surface area contributed by atoms with Gasteiger partial charge in [-0.1, -0.05) is 42.5 Å². The number of rotatable bonds is 2. The normalized spacial score (nSPS) is 18.7. The Morgan fingerprint density at radius 2 is 2.00 bits per heavy atom. The highest BCUT2D eigenvalue weighted by Crippen LogP contribution is 2.30. The fraction of sp³-hybridized carbons (Fsp3) is 0.250. The van der Waals surface area contributed by atoms with Gasteiger partial charge in [-0.25, -0.2) is 0 Å². The van der Waals surface area contributed by atoms with E-state index in [0.717, 1.165) is 31.5 Å². The Morgan fingerprint density at radius 3 is 2.83 bits per heavy atom. The molecule has 0 aromatic heterocycles. The first-order valence-electron chi connectivity index (χ1n) is 6.42. The molecule has 0 saturated carbocycles. The Hall–Kier alpha value is -1.96. The summed E-state index contributed by atoms with van der Waals surface area (Å²) < 4.78 is 0. The van der Waals surface area contributed by atoms with Crippen LogP contribution in [0.1, 0.15) is 18.4 Å². The third-order valence-electron chi connectivity index (χ3n) is 3.52. The van der Waals surface area contributed by atoms with Gasteiger partial charge in [-0.15, -0.1) is 0 Å². The second kappa shape index (κ2) is 4.73. The zero-order valence-corrected chi connectivity index (χ0v) is 10.3. The monoisotopic (exact) mass is 239 g/mol. The van der Waals surface area contributed by atoms with Crippen LogP contribution < -0.4 is 0 Å². The molecule has 0 fully saturated rings. The van der Waals surface area contributed by atoms with Crippen LogP contribution in [0.3, 0.4) is 0 Å². The Kier molecular flexibility index (Phi) is 2.93. The van der Waals surface area contributed by atoms with Crippen molar-refractivity contribution in [2.75, 3.05) is 6.54 Å². The molecule has 0 saturated heterocycles. The van der Waals surface area contributed by atoms with E-state index in [1.807, 2.05) is 18.2 Å². The van der Waals surface area contributed by atoms with Gasteiger partial charge in [-0.3, -0.25) is 0 Å². The molecule has 1 heterocycles. The summed E-state index contributed by atoms with van der Waals surface area (Å²) in [7, 11) is 0. The van der Waals surface area contributed by atoms with Crippen molar-refractivity contribution in [2.24, 2.45) is 0 Å². The molecule has 0 radical (unpaired) electrons. The summed E-state index contributed by atoms with van der Waals surface area (Å²) in [5, 5.41) is 9.91. The standard InChI is InChI=1S/C16H17NO/c18-16-10-11-17(12-13-6-2-1-3-7-13)15-9-5-4-8-14(15)16/h1-4,6-8,10,18H,5,9,11-12H2. The predicted octanol–water partition coefficient (Wildman–Crippen LogP) is 3.55. The number of benzene rings is 1. The van der Waals surface area contributed by atoms with Gasteiger partial charge in [0.15, 0.2) is 0 Å². The molecular weight excluding hydrogens is 222 g/mol. The smallest absolute Gasteiger partial charge is 0.122 e. The molecule has 1 aliphatic carbocycles. The van der Waals surface area contributed by atoms with E-state index in [-0.39, 0.29) is 0 Å². The van der Waals surface area contributed by atoms with Crippen LogP contribution in [0.2, 0.25) is 0 Å². The van der Waals surface area contributed by atoms with Crippen LogP contribution in [0, 0.1) is 0 Å². The largest absolute Gasteiger partial charge is 0.508 e. The number of allylic oxidation sites excluding steroid dienone is 3. The second-order valence-corrected chi connectivity index (χ2v) is 4.76. The molecule has 18 heavy (non-hydrogen) atoms. The fourth-order valence-corrected chi connectivity index (χ4v) is 2.59. The molecule has 1 aromatic carbocycles. The summed E-state index contributed by atoms with van der Waals surface area (Å²) in [4.78, 5) is 2.36. The van der Waals surface area contributed by atoms with Crippen LogP contribution in [0.15, 0.2) is 65.6 Å².